The molecule has 1 aromatic carbocycles. The Bertz CT molecular complexity index is 508. The molecule has 0 aromatic heterocycles. The van der Waals surface area contributed by atoms with Gasteiger partial charge in [0.25, 0.3) is 0 Å². The van der Waals surface area contributed by atoms with Crippen LogP contribution in [0.4, 0.5) is 5.69 Å². The summed E-state index contributed by atoms with van der Waals surface area (Å²) in [4.78, 5) is 0.316. The van der Waals surface area contributed by atoms with E-state index in [-0.39, 0.29) is 5.75 Å². The second-order valence-corrected chi connectivity index (χ2v) is 6.11. The highest BCUT2D eigenvalue weighted by atomic mass is 32.2. The van der Waals surface area contributed by atoms with Crippen molar-refractivity contribution < 1.29 is 8.42 Å². The van der Waals surface area contributed by atoms with E-state index in [4.69, 9.17) is 18.0 Å². The zero-order chi connectivity index (χ0) is 11.8. The molecule has 0 aliphatic carbocycles. The highest BCUT2D eigenvalue weighted by Crippen LogP contribution is 2.23. The predicted molar refractivity (Wildman–Crippen MR) is 68.1 cm³/mol. The minimum Gasteiger partial charge on any atom is -0.389 e. The summed E-state index contributed by atoms with van der Waals surface area (Å²) < 4.78 is 24.7. The van der Waals surface area contributed by atoms with E-state index in [1.165, 1.54) is 4.31 Å². The zero-order valence-electron chi connectivity index (χ0n) is 8.59. The molecule has 4 nitrogen and oxygen atoms in total. The van der Waals surface area contributed by atoms with Crippen LogP contribution in [0.3, 0.4) is 0 Å². The van der Waals surface area contributed by atoms with Gasteiger partial charge in [-0.05, 0) is 30.7 Å². The quantitative estimate of drug-likeness (QED) is 0.797. The number of thiocarbonyl (C=S) groups is 1. The van der Waals surface area contributed by atoms with Crippen LogP contribution in [0.2, 0.25) is 0 Å². The van der Waals surface area contributed by atoms with E-state index in [2.05, 4.69) is 0 Å². The topological polar surface area (TPSA) is 63.4 Å². The smallest absolute Gasteiger partial charge is 0.235 e. The van der Waals surface area contributed by atoms with E-state index < -0.39 is 10.0 Å². The average Bonchev–Trinajstić information content (AvgIpc) is 2.58. The minimum atomic E-state index is -3.10. The maximum atomic E-state index is 11.7. The Morgan fingerprint density at radius 1 is 1.31 bits per heavy atom. The molecule has 1 saturated heterocycles. The third kappa shape index (κ3) is 2.03. The molecule has 0 radical (unpaired) electrons. The maximum Gasteiger partial charge on any atom is 0.235 e. The largest absolute Gasteiger partial charge is 0.389 e. The highest BCUT2D eigenvalue weighted by Gasteiger charge is 2.28. The van der Waals surface area contributed by atoms with E-state index in [1.807, 2.05) is 0 Å². The molecule has 1 fully saturated rings. The van der Waals surface area contributed by atoms with Crippen molar-refractivity contribution in [2.24, 2.45) is 5.73 Å². The lowest BCUT2D eigenvalue weighted by atomic mass is 10.2. The lowest BCUT2D eigenvalue weighted by Gasteiger charge is -2.16. The van der Waals surface area contributed by atoms with Gasteiger partial charge in [-0.2, -0.15) is 0 Å². The average molecular weight is 256 g/mol. The molecule has 0 spiro atoms. The van der Waals surface area contributed by atoms with Crippen LogP contribution in [0.1, 0.15) is 12.0 Å². The standard InChI is InChI=1S/C10H12N2O2S2/c11-10(15)8-2-4-9(5-3-8)12-6-1-7-16(12,13)14/h2-5H,1,6-7H2,(H2,11,15). The number of nitrogens with two attached hydrogens (primary N) is 1. The number of hydrogen-bond acceptors (Lipinski definition) is 3. The Balaban J connectivity index is 2.32. The van der Waals surface area contributed by atoms with E-state index in [1.54, 1.807) is 24.3 Å². The number of rotatable bonds is 2. The minimum absolute atomic E-state index is 0.226. The third-order valence-corrected chi connectivity index (χ3v) is 4.64. The molecule has 1 heterocycles. The Kier molecular flexibility index (Phi) is 2.86. The number of sulfonamides is 1. The van der Waals surface area contributed by atoms with Crippen LogP contribution in [0, 0.1) is 0 Å². The Morgan fingerprint density at radius 3 is 2.38 bits per heavy atom. The summed E-state index contributed by atoms with van der Waals surface area (Å²) in [5.41, 5.74) is 6.89. The second kappa shape index (κ2) is 4.03. The lowest BCUT2D eigenvalue weighted by molar-refractivity contribution is 0.599. The van der Waals surface area contributed by atoms with Crippen LogP contribution >= 0.6 is 12.2 Å². The van der Waals surface area contributed by atoms with Crippen LogP contribution in [0.15, 0.2) is 24.3 Å². The van der Waals surface area contributed by atoms with E-state index in [0.717, 1.165) is 5.56 Å². The van der Waals surface area contributed by atoms with Gasteiger partial charge in [0.1, 0.15) is 4.99 Å². The molecule has 2 rings (SSSR count). The van der Waals surface area contributed by atoms with Crippen molar-refractivity contribution in [1.82, 2.24) is 0 Å². The van der Waals surface area contributed by atoms with Crippen LogP contribution in [0.5, 0.6) is 0 Å². The molecular weight excluding hydrogens is 244 g/mol. The van der Waals surface area contributed by atoms with E-state index in [9.17, 15) is 8.42 Å². The van der Waals surface area contributed by atoms with Crippen molar-refractivity contribution in [2.75, 3.05) is 16.6 Å². The summed E-state index contributed by atoms with van der Waals surface area (Å²) in [7, 11) is -3.10. The SMILES string of the molecule is NC(=S)c1ccc(N2CCCS2(=O)=O)cc1. The summed E-state index contributed by atoms with van der Waals surface area (Å²) >= 11 is 4.83. The van der Waals surface area contributed by atoms with Crippen molar-refractivity contribution >= 4 is 32.9 Å². The fourth-order valence-electron chi connectivity index (χ4n) is 1.72. The van der Waals surface area contributed by atoms with Crippen molar-refractivity contribution in [2.45, 2.75) is 6.42 Å². The first-order valence-corrected chi connectivity index (χ1v) is 6.93. The van der Waals surface area contributed by atoms with E-state index in [0.29, 0.717) is 23.6 Å². The van der Waals surface area contributed by atoms with Gasteiger partial charge >= 0.3 is 0 Å². The van der Waals surface area contributed by atoms with Gasteiger partial charge in [0, 0.05) is 12.1 Å². The number of anilines is 1. The monoisotopic (exact) mass is 256 g/mol. The summed E-state index contributed by atoms with van der Waals surface area (Å²) in [6.07, 6.45) is 0.680. The lowest BCUT2D eigenvalue weighted by Crippen LogP contribution is -2.25. The molecule has 0 amide bonds. The fraction of sp³-hybridized carbons (Fsp3) is 0.300. The van der Waals surface area contributed by atoms with Gasteiger partial charge < -0.3 is 5.73 Å². The normalized spacial score (nSPS) is 18.6. The summed E-state index contributed by atoms with van der Waals surface area (Å²) in [5.74, 6) is 0.226. The Morgan fingerprint density at radius 2 is 1.94 bits per heavy atom. The van der Waals surface area contributed by atoms with Crippen molar-refractivity contribution in [3.05, 3.63) is 29.8 Å². The maximum absolute atomic E-state index is 11.7. The molecule has 0 bridgehead atoms. The number of benzene rings is 1. The van der Waals surface area contributed by atoms with E-state index >= 15 is 0 Å². The molecule has 1 aliphatic rings. The molecule has 86 valence electrons. The van der Waals surface area contributed by atoms with Crippen LogP contribution in [0.25, 0.3) is 0 Å². The molecule has 0 unspecified atom stereocenters. The Labute approximate surface area is 100 Å². The van der Waals surface area contributed by atoms with Crippen LogP contribution in [-0.4, -0.2) is 25.7 Å². The molecule has 6 heteroatoms. The Hall–Kier alpha value is -1.14. The summed E-state index contributed by atoms with van der Waals surface area (Å²) in [6.45, 7) is 0.550. The van der Waals surface area contributed by atoms with Gasteiger partial charge in [-0.3, -0.25) is 4.31 Å². The third-order valence-electron chi connectivity index (χ3n) is 2.54. The fourth-order valence-corrected chi connectivity index (χ4v) is 3.42. The molecule has 1 aliphatic heterocycles. The first-order chi connectivity index (χ1) is 7.50. The molecule has 2 N–H and O–H groups in total. The highest BCUT2D eigenvalue weighted by molar-refractivity contribution is 7.93. The van der Waals surface area contributed by atoms with Gasteiger partial charge in [0.05, 0.1) is 11.4 Å². The molecule has 1 aromatic rings. The van der Waals surface area contributed by atoms with Gasteiger partial charge in [-0.15, -0.1) is 0 Å². The predicted octanol–water partition coefficient (Wildman–Crippen LogP) is 0.861. The number of nitrogens with zero attached hydrogens (tertiary/aromatic N) is 1. The van der Waals surface area contributed by atoms with Crippen molar-refractivity contribution in [1.29, 1.82) is 0 Å². The summed E-state index contributed by atoms with van der Waals surface area (Å²) in [6, 6.07) is 6.95. The molecule has 16 heavy (non-hydrogen) atoms. The molecular formula is C10H12N2O2S2. The van der Waals surface area contributed by atoms with Crippen LogP contribution in [-0.2, 0) is 10.0 Å². The van der Waals surface area contributed by atoms with Crippen molar-refractivity contribution in [3.8, 4) is 0 Å². The molecule has 0 atom stereocenters. The van der Waals surface area contributed by atoms with Crippen LogP contribution < -0.4 is 10.0 Å². The van der Waals surface area contributed by atoms with Gasteiger partial charge in [0.15, 0.2) is 0 Å². The zero-order valence-corrected chi connectivity index (χ0v) is 10.2. The van der Waals surface area contributed by atoms with Gasteiger partial charge in [-0.25, -0.2) is 8.42 Å². The van der Waals surface area contributed by atoms with Gasteiger partial charge in [0.2, 0.25) is 10.0 Å². The number of hydrogen-bond donors (Lipinski definition) is 1. The van der Waals surface area contributed by atoms with Gasteiger partial charge in [-0.1, -0.05) is 12.2 Å². The second-order valence-electron chi connectivity index (χ2n) is 3.65. The molecule has 0 saturated carbocycles. The van der Waals surface area contributed by atoms with Crippen molar-refractivity contribution in [3.63, 3.8) is 0 Å². The first-order valence-electron chi connectivity index (χ1n) is 4.91. The first kappa shape index (κ1) is 11.3. The summed E-state index contributed by atoms with van der Waals surface area (Å²) in [5, 5.41) is 0.